The van der Waals surface area contributed by atoms with Crippen LogP contribution in [0.4, 0.5) is 11.4 Å². The Morgan fingerprint density at radius 1 is 1.00 bits per heavy atom. The number of nitrogen functional groups attached to an aromatic ring is 1. The highest BCUT2D eigenvalue weighted by atomic mass is 35.5. The van der Waals surface area contributed by atoms with Crippen molar-refractivity contribution in [3.63, 3.8) is 0 Å². The van der Waals surface area contributed by atoms with E-state index in [-0.39, 0.29) is 11.4 Å². The first kappa shape index (κ1) is 19.5. The molecular weight excluding hydrogens is 325 g/mol. The van der Waals surface area contributed by atoms with Gasteiger partial charge >= 0.3 is 0 Å². The molecule has 0 aromatic heterocycles. The second kappa shape index (κ2) is 10.3. The van der Waals surface area contributed by atoms with E-state index in [1.807, 2.05) is 0 Å². The van der Waals surface area contributed by atoms with Gasteiger partial charge in [-0.3, -0.25) is 0 Å². The van der Waals surface area contributed by atoms with E-state index in [2.05, 4.69) is 15.4 Å². The molecular formula is C14H15Cl2N5O. The van der Waals surface area contributed by atoms with Crippen LogP contribution in [0.2, 0.25) is 10.0 Å². The number of halogens is 2. The van der Waals surface area contributed by atoms with Gasteiger partial charge in [0.05, 0.1) is 0 Å². The molecule has 0 atom stereocenters. The second-order valence-corrected chi connectivity index (χ2v) is 4.64. The molecule has 0 aliphatic rings. The van der Waals surface area contributed by atoms with Gasteiger partial charge in [0.25, 0.3) is 5.96 Å². The van der Waals surface area contributed by atoms with Crippen LogP contribution in [0.1, 0.15) is 0 Å². The lowest BCUT2D eigenvalue weighted by atomic mass is 10.3. The van der Waals surface area contributed by atoms with Crippen LogP contribution in [0.3, 0.4) is 0 Å². The number of benzene rings is 2. The Kier molecular flexibility index (Phi) is 9.14. The van der Waals surface area contributed by atoms with Gasteiger partial charge in [0.15, 0.2) is 0 Å². The highest BCUT2D eigenvalue weighted by Gasteiger charge is 1.96. The van der Waals surface area contributed by atoms with Crippen LogP contribution >= 0.6 is 23.2 Å². The summed E-state index contributed by atoms with van der Waals surface area (Å²) >= 11 is 11.2. The van der Waals surface area contributed by atoms with Gasteiger partial charge in [-0.2, -0.15) is 6.57 Å². The van der Waals surface area contributed by atoms with Gasteiger partial charge in [0, 0.05) is 21.4 Å². The van der Waals surface area contributed by atoms with Gasteiger partial charge in [-0.1, -0.05) is 23.2 Å². The van der Waals surface area contributed by atoms with E-state index in [0.29, 0.717) is 5.02 Å². The van der Waals surface area contributed by atoms with E-state index < -0.39 is 0 Å². The number of hydrogen-bond donors (Lipinski definition) is 3. The molecule has 0 unspecified atom stereocenters. The molecule has 0 aliphatic heterocycles. The van der Waals surface area contributed by atoms with Crippen molar-refractivity contribution in [1.82, 2.24) is 0 Å². The van der Waals surface area contributed by atoms with E-state index in [1.165, 1.54) is 0 Å². The monoisotopic (exact) mass is 339 g/mol. The minimum absolute atomic E-state index is 0. The maximum absolute atomic E-state index is 6.43. The van der Waals surface area contributed by atoms with Crippen molar-refractivity contribution in [3.05, 3.63) is 70.1 Å². The van der Waals surface area contributed by atoms with E-state index in [1.54, 1.807) is 48.5 Å². The van der Waals surface area contributed by atoms with Crippen LogP contribution in [0.25, 0.3) is 4.95 Å². The van der Waals surface area contributed by atoms with Crippen LogP contribution in [0.15, 0.2) is 53.6 Å². The van der Waals surface area contributed by atoms with Gasteiger partial charge in [-0.15, -0.1) is 4.95 Å². The lowest BCUT2D eigenvalue weighted by molar-refractivity contribution is 0.824. The van der Waals surface area contributed by atoms with Crippen molar-refractivity contribution in [2.75, 3.05) is 11.1 Å². The third-order valence-corrected chi connectivity index (χ3v) is 2.65. The molecule has 0 bridgehead atoms. The predicted molar refractivity (Wildman–Crippen MR) is 92.8 cm³/mol. The van der Waals surface area contributed by atoms with Gasteiger partial charge in [0.1, 0.15) is 5.10 Å². The summed E-state index contributed by atoms with van der Waals surface area (Å²) in [6.07, 6.45) is 0. The van der Waals surface area contributed by atoms with Gasteiger partial charge in [-0.25, -0.2) is 0 Å². The molecule has 22 heavy (non-hydrogen) atoms. The van der Waals surface area contributed by atoms with Crippen molar-refractivity contribution in [1.29, 1.82) is 0 Å². The standard InChI is InChI=1S/C8H7ClN4.C6H6ClN.H2O/c1-11-13-8(10)12-7-4-2-6(9)3-5-7;7-5-1-3-6(8)4-2-5;/h2-5H,(H3,10,12,13);1-4H,8H2;1H2. The maximum atomic E-state index is 6.43. The SMILES string of the molecule is Nc1ccc(Cl)cc1.O.[C-]#[N+]N=C(N)Nc1ccc(Cl)cc1. The first-order chi connectivity index (χ1) is 10.0. The van der Waals surface area contributed by atoms with Gasteiger partial charge < -0.3 is 22.3 Å². The van der Waals surface area contributed by atoms with Crippen LogP contribution in [0.5, 0.6) is 0 Å². The normalized spacial score (nSPS) is 9.59. The second-order valence-electron chi connectivity index (χ2n) is 3.77. The highest BCUT2D eigenvalue weighted by molar-refractivity contribution is 6.30. The highest BCUT2D eigenvalue weighted by Crippen LogP contribution is 2.12. The number of nitrogens with one attached hydrogen (secondary N) is 1. The Morgan fingerprint density at radius 2 is 1.45 bits per heavy atom. The molecule has 2 aromatic rings. The lowest BCUT2D eigenvalue weighted by Crippen LogP contribution is -2.21. The van der Waals surface area contributed by atoms with Crippen LogP contribution in [0, 0.1) is 6.57 Å². The Labute approximate surface area is 138 Å². The maximum Gasteiger partial charge on any atom is 0.279 e. The number of nitrogens with two attached hydrogens (primary N) is 2. The van der Waals surface area contributed by atoms with Crippen molar-refractivity contribution in [2.24, 2.45) is 10.8 Å². The summed E-state index contributed by atoms with van der Waals surface area (Å²) in [6, 6.07) is 14.0. The summed E-state index contributed by atoms with van der Waals surface area (Å²) < 4.78 is 0. The van der Waals surface area contributed by atoms with E-state index in [9.17, 15) is 0 Å². The largest absolute Gasteiger partial charge is 0.412 e. The number of guanidine groups is 1. The molecule has 0 spiro atoms. The predicted octanol–water partition coefficient (Wildman–Crippen LogP) is 3.00. The fourth-order valence-electron chi connectivity index (χ4n) is 1.22. The molecule has 2 aromatic carbocycles. The lowest BCUT2D eigenvalue weighted by Gasteiger charge is -2.00. The van der Waals surface area contributed by atoms with Crippen molar-refractivity contribution < 1.29 is 5.48 Å². The van der Waals surface area contributed by atoms with Crippen LogP contribution in [-0.2, 0) is 0 Å². The smallest absolute Gasteiger partial charge is 0.279 e. The third kappa shape index (κ3) is 7.97. The molecule has 6 nitrogen and oxygen atoms in total. The Hall–Kier alpha value is -2.46. The molecule has 0 amide bonds. The van der Waals surface area contributed by atoms with Crippen LogP contribution < -0.4 is 16.8 Å². The molecule has 8 heteroatoms. The van der Waals surface area contributed by atoms with Gasteiger partial charge in [0.2, 0.25) is 0 Å². The zero-order valence-corrected chi connectivity index (χ0v) is 12.9. The fourth-order valence-corrected chi connectivity index (χ4v) is 1.47. The zero-order chi connectivity index (χ0) is 15.7. The van der Waals surface area contributed by atoms with E-state index in [0.717, 1.165) is 16.4 Å². The molecule has 0 saturated carbocycles. The summed E-state index contributed by atoms with van der Waals surface area (Å²) in [5, 5.41) is 7.38. The Balaban J connectivity index is 0.000000423. The zero-order valence-electron chi connectivity index (χ0n) is 11.4. The van der Waals surface area contributed by atoms with Crippen LogP contribution in [-0.4, -0.2) is 11.4 Å². The summed E-state index contributed by atoms with van der Waals surface area (Å²) in [4.78, 5) is 2.77. The Bertz CT molecular complexity index is 615. The summed E-state index contributed by atoms with van der Waals surface area (Å²) in [6.45, 7) is 6.43. The van der Waals surface area contributed by atoms with Crippen molar-refractivity contribution in [3.8, 4) is 0 Å². The van der Waals surface area contributed by atoms with E-state index in [4.69, 9.17) is 41.2 Å². The number of anilines is 2. The molecule has 0 aliphatic carbocycles. The van der Waals surface area contributed by atoms with Crippen molar-refractivity contribution in [2.45, 2.75) is 0 Å². The fraction of sp³-hybridized carbons (Fsp3) is 0. The molecule has 7 N–H and O–H groups in total. The number of rotatable bonds is 1. The van der Waals surface area contributed by atoms with Crippen molar-refractivity contribution >= 4 is 40.5 Å². The molecule has 2 rings (SSSR count). The molecule has 0 radical (unpaired) electrons. The Morgan fingerprint density at radius 3 is 1.86 bits per heavy atom. The van der Waals surface area contributed by atoms with Gasteiger partial charge in [-0.05, 0) is 48.5 Å². The molecule has 0 fully saturated rings. The third-order valence-electron chi connectivity index (χ3n) is 2.14. The average Bonchev–Trinajstić information content (AvgIpc) is 2.46. The first-order valence-electron chi connectivity index (χ1n) is 5.75. The quantitative estimate of drug-likeness (QED) is 0.244. The summed E-state index contributed by atoms with van der Waals surface area (Å²) in [5.74, 6) is 0.0670. The number of nitrogens with zero attached hydrogens (tertiary/aromatic N) is 2. The summed E-state index contributed by atoms with van der Waals surface area (Å²) in [5.41, 5.74) is 12.2. The topological polar surface area (TPSA) is 112 Å². The average molecular weight is 340 g/mol. The number of hydrogen-bond acceptors (Lipinski definition) is 2. The minimum Gasteiger partial charge on any atom is -0.412 e. The minimum atomic E-state index is 0. The molecule has 116 valence electrons. The molecule has 0 saturated heterocycles. The van der Waals surface area contributed by atoms with E-state index >= 15 is 0 Å². The first-order valence-corrected chi connectivity index (χ1v) is 6.50. The molecule has 0 heterocycles. The summed E-state index contributed by atoms with van der Waals surface area (Å²) in [7, 11) is 0.